The van der Waals surface area contributed by atoms with Crippen LogP contribution in [-0.2, 0) is 10.0 Å². The van der Waals surface area contributed by atoms with Crippen LogP contribution >= 0.6 is 11.6 Å². The molecule has 3 rings (SSSR count). The third-order valence-electron chi connectivity index (χ3n) is 4.54. The van der Waals surface area contributed by atoms with E-state index in [9.17, 15) is 13.2 Å². The number of carbonyl (C=O) groups excluding carboxylic acids is 1. The van der Waals surface area contributed by atoms with Gasteiger partial charge in [0.15, 0.2) is 0 Å². The number of halogens is 1. The number of likely N-dealkylation sites (tertiary alicyclic amines) is 1. The summed E-state index contributed by atoms with van der Waals surface area (Å²) in [5, 5.41) is 11.3. The van der Waals surface area contributed by atoms with Gasteiger partial charge in [-0.2, -0.15) is 4.68 Å². The highest BCUT2D eigenvalue weighted by Crippen LogP contribution is 2.31. The van der Waals surface area contributed by atoms with Crippen molar-refractivity contribution in [1.82, 2.24) is 29.8 Å². The predicted molar refractivity (Wildman–Crippen MR) is 102 cm³/mol. The minimum Gasteiger partial charge on any atom is -0.496 e. The van der Waals surface area contributed by atoms with Gasteiger partial charge >= 0.3 is 0 Å². The first kappa shape index (κ1) is 20.5. The molecule has 0 unspecified atom stereocenters. The molecule has 12 heteroatoms. The zero-order chi connectivity index (χ0) is 20.3. The quantitative estimate of drug-likeness (QED) is 0.719. The Morgan fingerprint density at radius 2 is 2.21 bits per heavy atom. The van der Waals surface area contributed by atoms with E-state index in [1.54, 1.807) is 11.0 Å². The van der Waals surface area contributed by atoms with Crippen LogP contribution in [0.2, 0.25) is 5.02 Å². The lowest BCUT2D eigenvalue weighted by Gasteiger charge is -2.33. The van der Waals surface area contributed by atoms with Crippen molar-refractivity contribution in [3.8, 4) is 11.4 Å². The van der Waals surface area contributed by atoms with E-state index in [1.165, 1.54) is 24.2 Å². The Kier molecular flexibility index (Phi) is 6.16. The van der Waals surface area contributed by atoms with Crippen molar-refractivity contribution in [1.29, 1.82) is 0 Å². The summed E-state index contributed by atoms with van der Waals surface area (Å²) in [4.78, 5) is 14.8. The van der Waals surface area contributed by atoms with E-state index in [0.29, 0.717) is 41.7 Å². The maximum absolute atomic E-state index is 13.1. The molecule has 1 atom stereocenters. The van der Waals surface area contributed by atoms with Crippen LogP contribution in [0.1, 0.15) is 23.2 Å². The molecule has 1 aromatic heterocycles. The monoisotopic (exact) mass is 428 g/mol. The molecule has 1 fully saturated rings. The highest BCUT2D eigenvalue weighted by Gasteiger charge is 2.27. The van der Waals surface area contributed by atoms with Crippen molar-refractivity contribution in [2.45, 2.75) is 12.8 Å². The van der Waals surface area contributed by atoms with E-state index in [1.807, 2.05) is 0 Å². The fourth-order valence-corrected chi connectivity index (χ4v) is 3.97. The van der Waals surface area contributed by atoms with Gasteiger partial charge in [0.2, 0.25) is 10.0 Å². The number of aromatic nitrogens is 4. The molecule has 1 N–H and O–H groups in total. The minimum atomic E-state index is -3.27. The molecule has 2 aromatic rings. The van der Waals surface area contributed by atoms with Gasteiger partial charge in [-0.1, -0.05) is 11.6 Å². The van der Waals surface area contributed by atoms with E-state index in [4.69, 9.17) is 16.3 Å². The molecule has 1 saturated heterocycles. The minimum absolute atomic E-state index is 0.0504. The number of sulfonamides is 1. The van der Waals surface area contributed by atoms with Crippen molar-refractivity contribution in [2.75, 3.05) is 33.0 Å². The van der Waals surface area contributed by atoms with Crippen LogP contribution in [0, 0.1) is 5.92 Å². The number of piperidine rings is 1. The average molecular weight is 429 g/mol. The lowest BCUT2D eigenvalue weighted by molar-refractivity contribution is 0.0673. The molecule has 28 heavy (non-hydrogen) atoms. The van der Waals surface area contributed by atoms with E-state index >= 15 is 0 Å². The Bertz CT molecular complexity index is 950. The van der Waals surface area contributed by atoms with Gasteiger partial charge in [0.05, 0.1) is 29.6 Å². The van der Waals surface area contributed by atoms with Gasteiger partial charge in [0.1, 0.15) is 12.1 Å². The summed E-state index contributed by atoms with van der Waals surface area (Å²) >= 11 is 6.34. The summed E-state index contributed by atoms with van der Waals surface area (Å²) in [7, 11) is -1.79. The van der Waals surface area contributed by atoms with Crippen molar-refractivity contribution in [3.63, 3.8) is 0 Å². The molecule has 0 spiro atoms. The number of rotatable bonds is 6. The number of nitrogens with zero attached hydrogens (tertiary/aromatic N) is 5. The van der Waals surface area contributed by atoms with Crippen molar-refractivity contribution >= 4 is 27.5 Å². The molecule has 152 valence electrons. The highest BCUT2D eigenvalue weighted by atomic mass is 35.5. The zero-order valence-electron chi connectivity index (χ0n) is 15.5. The summed E-state index contributed by atoms with van der Waals surface area (Å²) in [5.74, 6) is 0.191. The number of benzene rings is 1. The summed E-state index contributed by atoms with van der Waals surface area (Å²) in [5.41, 5.74) is 0.829. The Morgan fingerprint density at radius 3 is 2.86 bits per heavy atom. The summed E-state index contributed by atoms with van der Waals surface area (Å²) in [6.45, 7) is 1.35. The molecule has 10 nitrogen and oxygen atoms in total. The number of hydrogen-bond donors (Lipinski definition) is 1. The molecule has 1 amide bonds. The van der Waals surface area contributed by atoms with Gasteiger partial charge < -0.3 is 9.64 Å². The number of carbonyl (C=O) groups is 1. The highest BCUT2D eigenvalue weighted by molar-refractivity contribution is 7.88. The lowest BCUT2D eigenvalue weighted by Crippen LogP contribution is -2.43. The molecule has 0 radical (unpaired) electrons. The molecule has 0 aliphatic carbocycles. The van der Waals surface area contributed by atoms with E-state index in [-0.39, 0.29) is 11.8 Å². The maximum Gasteiger partial charge on any atom is 0.257 e. The molecule has 1 aliphatic heterocycles. The van der Waals surface area contributed by atoms with E-state index in [0.717, 1.165) is 19.1 Å². The SMILES string of the molecule is COc1cc(-n2cnnn2)c(Cl)cc1C(=O)N1CCC[C@@H](CNS(C)(=O)=O)C1. The second-order valence-electron chi connectivity index (χ2n) is 6.64. The standard InChI is InChI=1S/C16H21ClN6O4S/c1-27-15-7-14(23-10-18-20-21-23)13(17)6-12(15)16(24)22-5-3-4-11(9-22)8-19-28(2,25)26/h6-7,10-11,19H,3-5,8-9H2,1-2H3/t11-/m0/s1. The lowest BCUT2D eigenvalue weighted by atomic mass is 9.97. The normalized spacial score (nSPS) is 17.5. The van der Waals surface area contributed by atoms with Crippen LogP contribution in [-0.4, -0.2) is 72.4 Å². The number of tetrazole rings is 1. The second kappa shape index (κ2) is 8.41. The maximum atomic E-state index is 13.1. The summed E-state index contributed by atoms with van der Waals surface area (Å²) in [6, 6.07) is 3.15. The average Bonchev–Trinajstić information content (AvgIpc) is 3.20. The third-order valence-corrected chi connectivity index (χ3v) is 5.53. The molecule has 0 bridgehead atoms. The number of hydrogen-bond acceptors (Lipinski definition) is 7. The topological polar surface area (TPSA) is 119 Å². The van der Waals surface area contributed by atoms with Gasteiger partial charge in [-0.3, -0.25) is 4.79 Å². The molecule has 1 aliphatic rings. The first-order valence-electron chi connectivity index (χ1n) is 8.63. The Hall–Kier alpha value is -2.24. The number of ether oxygens (including phenoxy) is 1. The van der Waals surface area contributed by atoms with Crippen LogP contribution in [0.15, 0.2) is 18.5 Å². The molecular weight excluding hydrogens is 408 g/mol. The Balaban J connectivity index is 1.80. The van der Waals surface area contributed by atoms with Gasteiger partial charge in [0.25, 0.3) is 5.91 Å². The van der Waals surface area contributed by atoms with Gasteiger partial charge in [-0.25, -0.2) is 13.1 Å². The van der Waals surface area contributed by atoms with E-state index in [2.05, 4.69) is 20.2 Å². The van der Waals surface area contributed by atoms with Crippen LogP contribution < -0.4 is 9.46 Å². The molecule has 0 saturated carbocycles. The molecule has 2 heterocycles. The van der Waals surface area contributed by atoms with Gasteiger partial charge in [-0.15, -0.1) is 5.10 Å². The molecule has 1 aromatic carbocycles. The number of methoxy groups -OCH3 is 1. The van der Waals surface area contributed by atoms with Crippen LogP contribution in [0.25, 0.3) is 5.69 Å². The van der Waals surface area contributed by atoms with Crippen molar-refractivity contribution in [3.05, 3.63) is 29.0 Å². The smallest absolute Gasteiger partial charge is 0.257 e. The Labute approximate surface area is 167 Å². The fraction of sp³-hybridized carbons (Fsp3) is 0.500. The van der Waals surface area contributed by atoms with Gasteiger partial charge in [0, 0.05) is 25.7 Å². The first-order valence-corrected chi connectivity index (χ1v) is 10.9. The first-order chi connectivity index (χ1) is 13.3. The number of nitrogens with one attached hydrogen (secondary N) is 1. The van der Waals surface area contributed by atoms with Crippen LogP contribution in [0.4, 0.5) is 0 Å². The van der Waals surface area contributed by atoms with Crippen LogP contribution in [0.5, 0.6) is 5.75 Å². The zero-order valence-corrected chi connectivity index (χ0v) is 17.1. The number of amides is 1. The molecular formula is C16H21ClN6O4S. The van der Waals surface area contributed by atoms with Crippen molar-refractivity contribution in [2.24, 2.45) is 5.92 Å². The second-order valence-corrected chi connectivity index (χ2v) is 8.88. The van der Waals surface area contributed by atoms with E-state index < -0.39 is 10.0 Å². The van der Waals surface area contributed by atoms with Crippen molar-refractivity contribution < 1.29 is 17.9 Å². The fourth-order valence-electron chi connectivity index (χ4n) is 3.18. The van der Waals surface area contributed by atoms with Gasteiger partial charge in [-0.05, 0) is 35.3 Å². The Morgan fingerprint density at radius 1 is 1.43 bits per heavy atom. The third kappa shape index (κ3) is 4.78. The summed E-state index contributed by atoms with van der Waals surface area (Å²) < 4.78 is 31.9. The predicted octanol–water partition coefficient (Wildman–Crippen LogP) is 0.726. The largest absolute Gasteiger partial charge is 0.496 e. The summed E-state index contributed by atoms with van der Waals surface area (Å²) in [6.07, 6.45) is 4.16. The van der Waals surface area contributed by atoms with Crippen LogP contribution in [0.3, 0.4) is 0 Å².